The molecule has 1 saturated carbocycles. The second kappa shape index (κ2) is 6.12. The van der Waals surface area contributed by atoms with Gasteiger partial charge in [-0.1, -0.05) is 6.07 Å². The molecule has 4 heteroatoms. The Kier molecular flexibility index (Phi) is 4.51. The van der Waals surface area contributed by atoms with E-state index in [0.29, 0.717) is 0 Å². The van der Waals surface area contributed by atoms with Gasteiger partial charge in [0.2, 0.25) is 0 Å². The van der Waals surface area contributed by atoms with E-state index in [0.717, 1.165) is 35.3 Å². The molecule has 0 radical (unpaired) electrons. The first-order valence-electron chi connectivity index (χ1n) is 6.27. The van der Waals surface area contributed by atoms with Crippen LogP contribution in [0, 0.1) is 11.3 Å². The van der Waals surface area contributed by atoms with E-state index in [4.69, 9.17) is 0 Å². The first-order valence-corrected chi connectivity index (χ1v) is 7.50. The van der Waals surface area contributed by atoms with Gasteiger partial charge in [-0.05, 0) is 38.3 Å². The number of nitrogens with zero attached hydrogens (tertiary/aromatic N) is 2. The fourth-order valence-corrected chi connectivity index (χ4v) is 2.60. The molecule has 0 amide bonds. The van der Waals surface area contributed by atoms with Gasteiger partial charge in [-0.15, -0.1) is 11.8 Å². The van der Waals surface area contributed by atoms with E-state index >= 15 is 0 Å². The predicted molar refractivity (Wildman–Crippen MR) is 77.1 cm³/mol. The van der Waals surface area contributed by atoms with Gasteiger partial charge in [0.1, 0.15) is 6.07 Å². The molecule has 0 spiro atoms. The van der Waals surface area contributed by atoms with Gasteiger partial charge in [0.25, 0.3) is 0 Å². The molecule has 1 aliphatic rings. The Morgan fingerprint density at radius 2 is 2.28 bits per heavy atom. The fraction of sp³-hybridized carbons (Fsp3) is 0.500. The van der Waals surface area contributed by atoms with Crippen LogP contribution in [-0.4, -0.2) is 37.3 Å². The predicted octanol–water partition coefficient (Wildman–Crippen LogP) is 2.79. The SMILES string of the molecule is CSc1cccc(NCCN(C)C2CC2)c1C#N. The van der Waals surface area contributed by atoms with Crippen LogP contribution in [0.15, 0.2) is 23.1 Å². The molecule has 0 aromatic heterocycles. The van der Waals surface area contributed by atoms with Crippen molar-refractivity contribution in [1.82, 2.24) is 4.90 Å². The van der Waals surface area contributed by atoms with E-state index in [1.54, 1.807) is 11.8 Å². The number of nitriles is 1. The maximum absolute atomic E-state index is 9.22. The maximum atomic E-state index is 9.22. The highest BCUT2D eigenvalue weighted by molar-refractivity contribution is 7.98. The Morgan fingerprint density at radius 3 is 2.89 bits per heavy atom. The van der Waals surface area contributed by atoms with E-state index in [9.17, 15) is 5.26 Å². The molecule has 1 aliphatic carbocycles. The average Bonchev–Trinajstić information content (AvgIpc) is 3.22. The first-order chi connectivity index (χ1) is 8.76. The molecule has 0 bridgehead atoms. The number of hydrogen-bond acceptors (Lipinski definition) is 4. The number of rotatable bonds is 6. The molecule has 2 rings (SSSR count). The van der Waals surface area contributed by atoms with Gasteiger partial charge in [-0.2, -0.15) is 5.26 Å². The second-order valence-corrected chi connectivity index (χ2v) is 5.48. The molecule has 0 unspecified atom stereocenters. The van der Waals surface area contributed by atoms with Crippen molar-refractivity contribution in [3.8, 4) is 6.07 Å². The van der Waals surface area contributed by atoms with Gasteiger partial charge >= 0.3 is 0 Å². The van der Waals surface area contributed by atoms with E-state index in [-0.39, 0.29) is 0 Å². The summed E-state index contributed by atoms with van der Waals surface area (Å²) in [5.41, 5.74) is 1.72. The van der Waals surface area contributed by atoms with Gasteiger partial charge in [0.15, 0.2) is 0 Å². The summed E-state index contributed by atoms with van der Waals surface area (Å²) < 4.78 is 0. The molecule has 1 fully saturated rings. The third kappa shape index (κ3) is 3.18. The summed E-state index contributed by atoms with van der Waals surface area (Å²) in [5.74, 6) is 0. The van der Waals surface area contributed by atoms with E-state index < -0.39 is 0 Å². The van der Waals surface area contributed by atoms with Gasteiger partial charge in [-0.3, -0.25) is 0 Å². The van der Waals surface area contributed by atoms with Crippen LogP contribution in [0.5, 0.6) is 0 Å². The number of thioether (sulfide) groups is 1. The Morgan fingerprint density at radius 1 is 1.50 bits per heavy atom. The largest absolute Gasteiger partial charge is 0.383 e. The van der Waals surface area contributed by atoms with Crippen LogP contribution in [0.25, 0.3) is 0 Å². The molecule has 1 aromatic carbocycles. The molecule has 18 heavy (non-hydrogen) atoms. The highest BCUT2D eigenvalue weighted by atomic mass is 32.2. The zero-order valence-electron chi connectivity index (χ0n) is 10.9. The van der Waals surface area contributed by atoms with Crippen molar-refractivity contribution >= 4 is 17.4 Å². The number of anilines is 1. The van der Waals surface area contributed by atoms with Crippen LogP contribution in [0.3, 0.4) is 0 Å². The number of likely N-dealkylation sites (N-methyl/N-ethyl adjacent to an activating group) is 1. The normalized spacial score (nSPS) is 14.6. The van der Waals surface area contributed by atoms with Gasteiger partial charge in [0.05, 0.1) is 11.3 Å². The highest BCUT2D eigenvalue weighted by Gasteiger charge is 2.25. The summed E-state index contributed by atoms with van der Waals surface area (Å²) in [6.45, 7) is 1.92. The van der Waals surface area contributed by atoms with Crippen molar-refractivity contribution in [3.63, 3.8) is 0 Å². The van der Waals surface area contributed by atoms with Gasteiger partial charge < -0.3 is 10.2 Å². The Balaban J connectivity index is 1.94. The minimum absolute atomic E-state index is 0.763. The third-order valence-corrected chi connectivity index (χ3v) is 4.09. The van der Waals surface area contributed by atoms with Crippen LogP contribution >= 0.6 is 11.8 Å². The smallest absolute Gasteiger partial charge is 0.102 e. The number of nitrogens with one attached hydrogen (secondary N) is 1. The molecular formula is C14H19N3S. The maximum Gasteiger partial charge on any atom is 0.102 e. The Bertz CT molecular complexity index is 449. The lowest BCUT2D eigenvalue weighted by Gasteiger charge is -2.17. The fourth-order valence-electron chi connectivity index (χ4n) is 2.03. The zero-order valence-corrected chi connectivity index (χ0v) is 11.8. The van der Waals surface area contributed by atoms with Crippen LogP contribution in [0.2, 0.25) is 0 Å². The molecule has 1 aromatic rings. The molecule has 0 aliphatic heterocycles. The quantitative estimate of drug-likeness (QED) is 0.799. The van der Waals surface area contributed by atoms with Crippen molar-refractivity contribution in [2.75, 3.05) is 31.7 Å². The lowest BCUT2D eigenvalue weighted by atomic mass is 10.2. The summed E-state index contributed by atoms with van der Waals surface area (Å²) in [4.78, 5) is 3.43. The molecule has 0 atom stereocenters. The van der Waals surface area contributed by atoms with Crippen molar-refractivity contribution in [1.29, 1.82) is 5.26 Å². The summed E-state index contributed by atoms with van der Waals surface area (Å²) in [7, 11) is 2.17. The topological polar surface area (TPSA) is 39.1 Å². The molecule has 0 saturated heterocycles. The van der Waals surface area contributed by atoms with Crippen molar-refractivity contribution < 1.29 is 0 Å². The van der Waals surface area contributed by atoms with E-state index in [2.05, 4.69) is 23.3 Å². The summed E-state index contributed by atoms with van der Waals surface area (Å²) in [6.07, 6.45) is 4.67. The summed E-state index contributed by atoms with van der Waals surface area (Å²) in [6, 6.07) is 9.05. The molecule has 96 valence electrons. The zero-order chi connectivity index (χ0) is 13.0. The van der Waals surface area contributed by atoms with Crippen molar-refractivity contribution in [2.45, 2.75) is 23.8 Å². The molecule has 3 nitrogen and oxygen atoms in total. The minimum Gasteiger partial charge on any atom is -0.383 e. The average molecular weight is 261 g/mol. The minimum atomic E-state index is 0.763. The molecule has 1 N–H and O–H groups in total. The van der Waals surface area contributed by atoms with Crippen LogP contribution in [0.1, 0.15) is 18.4 Å². The van der Waals surface area contributed by atoms with Crippen molar-refractivity contribution in [3.05, 3.63) is 23.8 Å². The van der Waals surface area contributed by atoms with Gasteiger partial charge in [-0.25, -0.2) is 0 Å². The third-order valence-electron chi connectivity index (χ3n) is 3.31. The van der Waals surface area contributed by atoms with E-state index in [1.165, 1.54) is 12.8 Å². The highest BCUT2D eigenvalue weighted by Crippen LogP contribution is 2.27. The Hall–Kier alpha value is -1.18. The molecular weight excluding hydrogens is 242 g/mol. The number of hydrogen-bond donors (Lipinski definition) is 1. The summed E-state index contributed by atoms with van der Waals surface area (Å²) in [5, 5.41) is 12.6. The van der Waals surface area contributed by atoms with Crippen LogP contribution in [0.4, 0.5) is 5.69 Å². The van der Waals surface area contributed by atoms with Crippen LogP contribution in [-0.2, 0) is 0 Å². The van der Waals surface area contributed by atoms with Crippen molar-refractivity contribution in [2.24, 2.45) is 0 Å². The lowest BCUT2D eigenvalue weighted by molar-refractivity contribution is 0.337. The van der Waals surface area contributed by atoms with Gasteiger partial charge in [0, 0.05) is 24.0 Å². The number of benzene rings is 1. The second-order valence-electron chi connectivity index (χ2n) is 4.63. The van der Waals surface area contributed by atoms with E-state index in [1.807, 2.05) is 24.5 Å². The Labute approximate surface area is 113 Å². The molecule has 0 heterocycles. The monoisotopic (exact) mass is 261 g/mol. The van der Waals surface area contributed by atoms with Crippen LogP contribution < -0.4 is 5.32 Å². The standard InChI is InChI=1S/C14H19N3S/c1-17(11-6-7-11)9-8-16-13-4-3-5-14(18-2)12(13)10-15/h3-5,11,16H,6-9H2,1-2H3. The lowest BCUT2D eigenvalue weighted by Crippen LogP contribution is -2.27. The first kappa shape index (κ1) is 13.3. The summed E-state index contributed by atoms with van der Waals surface area (Å²) >= 11 is 1.62.